The number of hydrogen-bond acceptors (Lipinski definition) is 3. The van der Waals surface area contributed by atoms with Crippen LogP contribution in [0.25, 0.3) is 0 Å². The molecule has 0 radical (unpaired) electrons. The van der Waals surface area contributed by atoms with Crippen molar-refractivity contribution in [2.45, 2.75) is 187 Å². The molecule has 0 aliphatic heterocycles. The summed E-state index contributed by atoms with van der Waals surface area (Å²) < 4.78 is 5.45. The Balaban J connectivity index is 2.24. The van der Waals surface area contributed by atoms with Gasteiger partial charge >= 0.3 is 5.97 Å². The van der Waals surface area contributed by atoms with Gasteiger partial charge in [0.15, 0.2) is 0 Å². The number of hydrogen-bond donors (Lipinski definition) is 0. The topological polar surface area (TPSA) is 29.5 Å². The predicted molar refractivity (Wildman–Crippen MR) is 176 cm³/mol. The quantitative estimate of drug-likeness (QED) is 0.0496. The minimum absolute atomic E-state index is 0.0194. The van der Waals surface area contributed by atoms with E-state index in [4.69, 9.17) is 4.74 Å². The number of unbranched alkanes of at least 4 members (excludes halogenated alkanes) is 15. The van der Waals surface area contributed by atoms with Gasteiger partial charge in [-0.05, 0) is 110 Å². The maximum absolute atomic E-state index is 11.9. The van der Waals surface area contributed by atoms with E-state index >= 15 is 0 Å². The molecule has 0 aromatic carbocycles. The van der Waals surface area contributed by atoms with Crippen molar-refractivity contribution < 1.29 is 9.53 Å². The van der Waals surface area contributed by atoms with Crippen LogP contribution in [-0.4, -0.2) is 38.1 Å². The minimum Gasteiger partial charge on any atom is -0.466 e. The summed E-state index contributed by atoms with van der Waals surface area (Å²) in [7, 11) is 4.09. The third-order valence-corrected chi connectivity index (χ3v) is 9.10. The molecule has 40 heavy (non-hydrogen) atoms. The van der Waals surface area contributed by atoms with E-state index < -0.39 is 0 Å². The number of rotatable bonds is 30. The van der Waals surface area contributed by atoms with Crippen LogP contribution in [0.2, 0.25) is 0 Å². The molecule has 0 amide bonds. The number of carbonyl (C=O) groups is 1. The molecule has 0 heterocycles. The van der Waals surface area contributed by atoms with Gasteiger partial charge in [0.25, 0.3) is 0 Å². The molecule has 236 valence electrons. The smallest absolute Gasteiger partial charge is 0.305 e. The summed E-state index contributed by atoms with van der Waals surface area (Å²) >= 11 is 0. The Morgan fingerprint density at radius 3 is 1.70 bits per heavy atom. The van der Waals surface area contributed by atoms with Crippen LogP contribution in [0.5, 0.6) is 0 Å². The van der Waals surface area contributed by atoms with E-state index in [1.165, 1.54) is 154 Å². The van der Waals surface area contributed by atoms with Crippen LogP contribution >= 0.6 is 0 Å². The first-order valence-electron chi connectivity index (χ1n) is 18.0. The van der Waals surface area contributed by atoms with E-state index in [0.29, 0.717) is 18.4 Å². The van der Waals surface area contributed by atoms with Crippen molar-refractivity contribution in [3.05, 3.63) is 11.6 Å². The molecule has 0 aromatic rings. The van der Waals surface area contributed by atoms with Crippen molar-refractivity contribution in [3.8, 4) is 0 Å². The second-order valence-corrected chi connectivity index (χ2v) is 13.4. The van der Waals surface area contributed by atoms with Gasteiger partial charge in [0, 0.05) is 6.42 Å². The van der Waals surface area contributed by atoms with Gasteiger partial charge in [-0.3, -0.25) is 4.79 Å². The summed E-state index contributed by atoms with van der Waals surface area (Å²) in [5.41, 5.74) is 2.40. The fraction of sp³-hybridized carbons (Fsp3) is 0.919. The lowest BCUT2D eigenvalue weighted by Gasteiger charge is -2.15. The van der Waals surface area contributed by atoms with Crippen molar-refractivity contribution >= 4 is 5.97 Å². The summed E-state index contributed by atoms with van der Waals surface area (Å²) in [5.74, 6) is -0.0194. The van der Waals surface area contributed by atoms with Gasteiger partial charge in [-0.1, -0.05) is 109 Å². The first-order valence-corrected chi connectivity index (χ1v) is 18.0. The zero-order valence-corrected chi connectivity index (χ0v) is 27.8. The average molecular weight is 562 g/mol. The summed E-state index contributed by atoms with van der Waals surface area (Å²) in [4.78, 5) is 14.0. The molecule has 0 spiro atoms. The Kier molecular flexibility index (Phi) is 24.0. The van der Waals surface area contributed by atoms with Crippen LogP contribution < -0.4 is 0 Å². The Labute approximate surface area is 251 Å². The highest BCUT2D eigenvalue weighted by molar-refractivity contribution is 5.69. The first-order chi connectivity index (χ1) is 19.5. The second kappa shape index (κ2) is 25.8. The van der Waals surface area contributed by atoms with E-state index in [-0.39, 0.29) is 5.97 Å². The molecule has 1 fully saturated rings. The fourth-order valence-corrected chi connectivity index (χ4v) is 6.11. The lowest BCUT2D eigenvalue weighted by atomic mass is 9.92. The molecule has 0 bridgehead atoms. The number of esters is 1. The highest BCUT2D eigenvalue weighted by Crippen LogP contribution is 2.53. The lowest BCUT2D eigenvalue weighted by molar-refractivity contribution is -0.143. The largest absolute Gasteiger partial charge is 0.466 e. The fourth-order valence-electron chi connectivity index (χ4n) is 6.11. The zero-order valence-electron chi connectivity index (χ0n) is 27.8. The Hall–Kier alpha value is -0.830. The van der Waals surface area contributed by atoms with Gasteiger partial charge in [0.1, 0.15) is 0 Å². The van der Waals surface area contributed by atoms with Gasteiger partial charge in [0.05, 0.1) is 6.61 Å². The van der Waals surface area contributed by atoms with Crippen LogP contribution in [-0.2, 0) is 9.53 Å². The van der Waals surface area contributed by atoms with E-state index in [2.05, 4.69) is 24.8 Å². The van der Waals surface area contributed by atoms with Crippen LogP contribution in [0.3, 0.4) is 0 Å². The van der Waals surface area contributed by atoms with Gasteiger partial charge in [0.2, 0.25) is 0 Å². The molecule has 0 unspecified atom stereocenters. The van der Waals surface area contributed by atoms with Gasteiger partial charge in [-0.25, -0.2) is 0 Å². The molecule has 3 nitrogen and oxygen atoms in total. The molecule has 1 aliphatic carbocycles. The maximum Gasteiger partial charge on any atom is 0.305 e. The summed E-state index contributed by atoms with van der Waals surface area (Å²) in [6.45, 7) is 6.18. The Bertz CT molecular complexity index is 607. The standard InChI is InChI=1S/C37H71NO2/c1-5-7-9-11-13-15-17-19-26-35(25-18-16-14-12-10-8-6-2)27-20-21-29-37(31-32-37)30-22-23-34-40-36(39)28-24-33-38(3)4/h27H,5-26,28-34H2,1-4H3/b35-27-. The molecule has 1 aliphatic rings. The molecule has 0 atom stereocenters. The normalized spacial score (nSPS) is 14.7. The third kappa shape index (κ3) is 22.8. The predicted octanol–water partition coefficient (Wildman–Crippen LogP) is 11.6. The first kappa shape index (κ1) is 37.2. The number of allylic oxidation sites excluding steroid dienone is 2. The Morgan fingerprint density at radius 1 is 0.650 bits per heavy atom. The molecular weight excluding hydrogens is 490 g/mol. The number of carbonyl (C=O) groups excluding carboxylic acids is 1. The molecule has 0 saturated heterocycles. The van der Waals surface area contributed by atoms with E-state index in [0.717, 1.165) is 19.4 Å². The van der Waals surface area contributed by atoms with Gasteiger partial charge < -0.3 is 9.64 Å². The maximum atomic E-state index is 11.9. The van der Waals surface area contributed by atoms with Gasteiger partial charge in [-0.2, -0.15) is 0 Å². The third-order valence-electron chi connectivity index (χ3n) is 9.10. The molecule has 3 heteroatoms. The number of ether oxygens (including phenoxy) is 1. The average Bonchev–Trinajstić information content (AvgIpc) is 3.70. The van der Waals surface area contributed by atoms with Gasteiger partial charge in [-0.15, -0.1) is 0 Å². The molecule has 1 saturated carbocycles. The van der Waals surface area contributed by atoms with E-state index in [1.54, 1.807) is 5.57 Å². The van der Waals surface area contributed by atoms with Crippen molar-refractivity contribution in [1.29, 1.82) is 0 Å². The zero-order chi connectivity index (χ0) is 29.2. The Morgan fingerprint density at radius 2 is 1.18 bits per heavy atom. The SMILES string of the molecule is CCCCCCCCCC/C(=C\CCCC1(CCCCOC(=O)CCCN(C)C)CC1)CCCCCCCCC. The van der Waals surface area contributed by atoms with E-state index in [1.807, 2.05) is 14.1 Å². The minimum atomic E-state index is -0.0194. The molecule has 0 N–H and O–H groups in total. The molecule has 1 rings (SSSR count). The summed E-state index contributed by atoms with van der Waals surface area (Å²) in [6.07, 6.45) is 38.5. The monoisotopic (exact) mass is 562 g/mol. The van der Waals surface area contributed by atoms with Crippen LogP contribution in [0.15, 0.2) is 11.6 Å². The number of nitrogens with zero attached hydrogens (tertiary/aromatic N) is 1. The van der Waals surface area contributed by atoms with Crippen LogP contribution in [0, 0.1) is 5.41 Å². The van der Waals surface area contributed by atoms with Crippen LogP contribution in [0.4, 0.5) is 0 Å². The van der Waals surface area contributed by atoms with Crippen molar-refractivity contribution in [2.24, 2.45) is 5.41 Å². The van der Waals surface area contributed by atoms with E-state index in [9.17, 15) is 4.79 Å². The van der Waals surface area contributed by atoms with Crippen molar-refractivity contribution in [3.63, 3.8) is 0 Å². The highest BCUT2D eigenvalue weighted by atomic mass is 16.5. The second-order valence-electron chi connectivity index (χ2n) is 13.4. The highest BCUT2D eigenvalue weighted by Gasteiger charge is 2.40. The van der Waals surface area contributed by atoms with Crippen molar-refractivity contribution in [2.75, 3.05) is 27.2 Å². The molecule has 0 aromatic heterocycles. The van der Waals surface area contributed by atoms with Crippen molar-refractivity contribution in [1.82, 2.24) is 4.90 Å². The lowest BCUT2D eigenvalue weighted by Crippen LogP contribution is -2.15. The summed E-state index contributed by atoms with van der Waals surface area (Å²) in [6, 6.07) is 0. The summed E-state index contributed by atoms with van der Waals surface area (Å²) in [5, 5.41) is 0. The molecular formula is C37H71NO2. The van der Waals surface area contributed by atoms with Crippen LogP contribution in [0.1, 0.15) is 187 Å².